The second-order valence-electron chi connectivity index (χ2n) is 6.06. The Morgan fingerprint density at radius 1 is 1.08 bits per heavy atom. The molecule has 0 unspecified atom stereocenters. The van der Waals surface area contributed by atoms with E-state index in [9.17, 15) is 0 Å². The molecule has 2 aromatic heterocycles. The fourth-order valence-electron chi connectivity index (χ4n) is 2.88. The minimum absolute atomic E-state index is 0.919. The van der Waals surface area contributed by atoms with Crippen molar-refractivity contribution in [1.29, 1.82) is 0 Å². The summed E-state index contributed by atoms with van der Waals surface area (Å²) in [5, 5.41) is 3.04. The average Bonchev–Trinajstić information content (AvgIpc) is 3.24. The zero-order valence-corrected chi connectivity index (χ0v) is 14.5. The van der Waals surface area contributed by atoms with Crippen molar-refractivity contribution in [2.75, 3.05) is 14.1 Å². The molecule has 0 aliphatic heterocycles. The van der Waals surface area contributed by atoms with Crippen molar-refractivity contribution in [1.82, 2.24) is 19.4 Å². The van der Waals surface area contributed by atoms with Crippen molar-refractivity contribution in [3.63, 3.8) is 0 Å². The van der Waals surface area contributed by atoms with Crippen LogP contribution in [0.4, 0.5) is 0 Å². The van der Waals surface area contributed by atoms with Crippen LogP contribution in [0.1, 0.15) is 5.56 Å². The molecule has 0 aliphatic carbocycles. The highest BCUT2D eigenvalue weighted by Crippen LogP contribution is 2.26. The van der Waals surface area contributed by atoms with Crippen molar-refractivity contribution >= 4 is 22.4 Å². The number of thiazole rings is 1. The lowest BCUT2D eigenvalue weighted by Crippen LogP contribution is -2.10. The predicted molar refractivity (Wildman–Crippen MR) is 99.6 cm³/mol. The monoisotopic (exact) mass is 334 g/mol. The van der Waals surface area contributed by atoms with Crippen molar-refractivity contribution in [3.05, 3.63) is 65.9 Å². The fraction of sp³-hybridized carbons (Fsp3) is 0.158. The number of aromatic nitrogens is 3. The molecule has 0 fully saturated rings. The first kappa shape index (κ1) is 15.1. The number of nitrogens with zero attached hydrogens (tertiary/aromatic N) is 4. The van der Waals surface area contributed by atoms with Gasteiger partial charge in [-0.3, -0.25) is 4.57 Å². The lowest BCUT2D eigenvalue weighted by atomic mass is 10.1. The van der Waals surface area contributed by atoms with Gasteiger partial charge in [0.25, 0.3) is 0 Å². The molecule has 4 rings (SSSR count). The summed E-state index contributed by atoms with van der Waals surface area (Å²) in [5.74, 6) is 0. The summed E-state index contributed by atoms with van der Waals surface area (Å²) in [5.41, 5.74) is 5.65. The second-order valence-corrected chi connectivity index (χ2v) is 6.96. The number of hydrogen-bond acceptors (Lipinski definition) is 4. The van der Waals surface area contributed by atoms with Crippen molar-refractivity contribution in [3.8, 4) is 16.3 Å². The maximum atomic E-state index is 4.59. The molecule has 2 aromatic carbocycles. The maximum absolute atomic E-state index is 4.59. The Balaban J connectivity index is 1.76. The van der Waals surface area contributed by atoms with Crippen molar-refractivity contribution in [2.45, 2.75) is 6.54 Å². The van der Waals surface area contributed by atoms with Crippen LogP contribution in [0.25, 0.3) is 27.3 Å². The van der Waals surface area contributed by atoms with E-state index in [0.717, 1.165) is 33.8 Å². The number of benzene rings is 2. The van der Waals surface area contributed by atoms with Crippen LogP contribution >= 0.6 is 11.3 Å². The molecule has 0 N–H and O–H groups in total. The lowest BCUT2D eigenvalue weighted by molar-refractivity contribution is 0.402. The van der Waals surface area contributed by atoms with Gasteiger partial charge in [-0.1, -0.05) is 18.2 Å². The van der Waals surface area contributed by atoms with Gasteiger partial charge in [-0.15, -0.1) is 11.3 Å². The number of rotatable bonds is 4. The third-order valence-corrected chi connectivity index (χ3v) is 4.74. The van der Waals surface area contributed by atoms with Gasteiger partial charge in [0.15, 0.2) is 0 Å². The zero-order chi connectivity index (χ0) is 16.5. The molecule has 120 valence electrons. The molecule has 0 spiro atoms. The van der Waals surface area contributed by atoms with E-state index in [1.165, 1.54) is 5.56 Å². The summed E-state index contributed by atoms with van der Waals surface area (Å²) in [4.78, 5) is 11.1. The van der Waals surface area contributed by atoms with Gasteiger partial charge in [-0.25, -0.2) is 9.97 Å². The molecule has 2 heterocycles. The third kappa shape index (κ3) is 2.84. The van der Waals surface area contributed by atoms with E-state index < -0.39 is 0 Å². The number of hydrogen-bond donors (Lipinski definition) is 0. The topological polar surface area (TPSA) is 34.0 Å². The molecular formula is C19H18N4S. The standard InChI is InChI=1S/C19H18N4S/c1-22(2)12-14-6-7-18-17(10-14)21-13-23(18)16-5-3-4-15(11-16)19-20-8-9-24-19/h3-11,13H,12H2,1-2H3. The Morgan fingerprint density at radius 2 is 2.00 bits per heavy atom. The Kier molecular flexibility index (Phi) is 3.88. The Bertz CT molecular complexity index is 970. The highest BCUT2D eigenvalue weighted by Gasteiger charge is 2.08. The van der Waals surface area contributed by atoms with Crippen LogP contribution in [0, 0.1) is 0 Å². The van der Waals surface area contributed by atoms with Gasteiger partial charge in [0.2, 0.25) is 0 Å². The van der Waals surface area contributed by atoms with Crippen LogP contribution in [-0.4, -0.2) is 33.5 Å². The SMILES string of the molecule is CN(C)Cc1ccc2c(c1)ncn2-c1cccc(-c2nccs2)c1. The zero-order valence-electron chi connectivity index (χ0n) is 13.7. The van der Waals surface area contributed by atoms with Gasteiger partial charge in [0.1, 0.15) is 11.3 Å². The van der Waals surface area contributed by atoms with E-state index in [4.69, 9.17) is 0 Å². The number of imidazole rings is 1. The maximum Gasteiger partial charge on any atom is 0.123 e. The van der Waals surface area contributed by atoms with E-state index in [-0.39, 0.29) is 0 Å². The lowest BCUT2D eigenvalue weighted by Gasteiger charge is -2.10. The summed E-state index contributed by atoms with van der Waals surface area (Å²) in [6.07, 6.45) is 3.73. The molecule has 0 atom stereocenters. The van der Waals surface area contributed by atoms with Crippen LogP contribution in [0.15, 0.2) is 60.4 Å². The van der Waals surface area contributed by atoms with Gasteiger partial charge < -0.3 is 4.90 Å². The average molecular weight is 334 g/mol. The van der Waals surface area contributed by atoms with Crippen molar-refractivity contribution < 1.29 is 0 Å². The molecular weight excluding hydrogens is 316 g/mol. The minimum atomic E-state index is 0.919. The molecule has 0 aliphatic rings. The van der Waals surface area contributed by atoms with Crippen LogP contribution in [0.5, 0.6) is 0 Å². The molecule has 0 saturated carbocycles. The normalized spacial score (nSPS) is 11.5. The van der Waals surface area contributed by atoms with E-state index >= 15 is 0 Å². The quantitative estimate of drug-likeness (QED) is 0.560. The Hall–Kier alpha value is -2.50. The Labute approximate surface area is 145 Å². The second kappa shape index (κ2) is 6.19. The van der Waals surface area contributed by atoms with Gasteiger partial charge in [-0.2, -0.15) is 0 Å². The number of fused-ring (bicyclic) bond motifs is 1. The van der Waals surface area contributed by atoms with Crippen LogP contribution in [0.2, 0.25) is 0 Å². The highest BCUT2D eigenvalue weighted by molar-refractivity contribution is 7.13. The summed E-state index contributed by atoms with van der Waals surface area (Å²) in [6.45, 7) is 0.919. The molecule has 0 bridgehead atoms. The van der Waals surface area contributed by atoms with E-state index in [0.29, 0.717) is 0 Å². The molecule has 24 heavy (non-hydrogen) atoms. The van der Waals surface area contributed by atoms with Gasteiger partial charge >= 0.3 is 0 Å². The smallest absolute Gasteiger partial charge is 0.123 e. The first-order valence-corrected chi connectivity index (χ1v) is 8.70. The van der Waals surface area contributed by atoms with Crippen molar-refractivity contribution in [2.24, 2.45) is 0 Å². The molecule has 0 radical (unpaired) electrons. The van der Waals surface area contributed by atoms with Gasteiger partial charge in [-0.05, 0) is 43.9 Å². The van der Waals surface area contributed by atoms with E-state index in [1.807, 2.05) is 17.9 Å². The fourth-order valence-corrected chi connectivity index (χ4v) is 3.52. The largest absolute Gasteiger partial charge is 0.305 e. The third-order valence-electron chi connectivity index (χ3n) is 3.91. The van der Waals surface area contributed by atoms with Crippen LogP contribution in [0.3, 0.4) is 0 Å². The first-order chi connectivity index (χ1) is 11.7. The first-order valence-electron chi connectivity index (χ1n) is 7.82. The molecule has 0 saturated heterocycles. The van der Waals surface area contributed by atoms with Gasteiger partial charge in [0.05, 0.1) is 11.0 Å². The Morgan fingerprint density at radius 3 is 2.79 bits per heavy atom. The van der Waals surface area contributed by atoms with E-state index in [2.05, 4.69) is 76.0 Å². The highest BCUT2D eigenvalue weighted by atomic mass is 32.1. The van der Waals surface area contributed by atoms with Crippen LogP contribution < -0.4 is 0 Å². The molecule has 4 aromatic rings. The predicted octanol–water partition coefficient (Wildman–Crippen LogP) is 4.21. The summed E-state index contributed by atoms with van der Waals surface area (Å²) >= 11 is 1.65. The molecule has 5 heteroatoms. The van der Waals surface area contributed by atoms with E-state index in [1.54, 1.807) is 11.3 Å². The minimum Gasteiger partial charge on any atom is -0.305 e. The molecule has 4 nitrogen and oxygen atoms in total. The summed E-state index contributed by atoms with van der Waals surface area (Å²) in [7, 11) is 4.15. The summed E-state index contributed by atoms with van der Waals surface area (Å²) < 4.78 is 2.13. The molecule has 0 amide bonds. The van der Waals surface area contributed by atoms with Gasteiger partial charge in [0, 0.05) is 29.4 Å². The van der Waals surface area contributed by atoms with Crippen LogP contribution in [-0.2, 0) is 6.54 Å². The summed E-state index contributed by atoms with van der Waals surface area (Å²) in [6, 6.07) is 14.9.